The first kappa shape index (κ1) is 11.8. The Morgan fingerprint density at radius 2 is 1.93 bits per heavy atom. The minimum absolute atomic E-state index is 0.141. The van der Waals surface area contributed by atoms with E-state index in [1.54, 1.807) is 13.8 Å². The molecule has 2 unspecified atom stereocenters. The third kappa shape index (κ3) is 2.60. The number of nitrogens with zero attached hydrogens (tertiary/aromatic N) is 1. The molecule has 1 aliphatic rings. The zero-order valence-corrected chi connectivity index (χ0v) is 8.38. The maximum Gasteiger partial charge on any atom is 0.404 e. The molecule has 1 heterocycles. The van der Waals surface area contributed by atoms with E-state index in [4.69, 9.17) is 0 Å². The fraction of sp³-hybridized carbons (Fsp3) is 1.00. The summed E-state index contributed by atoms with van der Waals surface area (Å²) in [5.74, 6) is -0.472. The largest absolute Gasteiger partial charge is 0.404 e. The number of aliphatic hydroxyl groups excluding tert-OH is 1. The molecule has 2 atom stereocenters. The molecule has 1 N–H and O–H groups in total. The molecule has 2 nitrogen and oxygen atoms in total. The monoisotopic (exact) mass is 211 g/mol. The molecule has 1 fully saturated rings. The summed E-state index contributed by atoms with van der Waals surface area (Å²) in [6.45, 7) is 3.59. The number of aliphatic hydroxyl groups is 1. The van der Waals surface area contributed by atoms with Gasteiger partial charge in [-0.2, -0.15) is 13.2 Å². The molecule has 84 valence electrons. The van der Waals surface area contributed by atoms with Crippen LogP contribution in [0.3, 0.4) is 0 Å². The highest BCUT2D eigenvalue weighted by Gasteiger charge is 2.46. The third-order valence-electron chi connectivity index (χ3n) is 2.56. The number of β-amino-alcohol motifs (C(OH)–C–C–N with tert-alkyl or cyclic N) is 1. The van der Waals surface area contributed by atoms with E-state index in [2.05, 4.69) is 0 Å². The van der Waals surface area contributed by atoms with Crippen LogP contribution in [0.5, 0.6) is 0 Å². The summed E-state index contributed by atoms with van der Waals surface area (Å²) in [4.78, 5) is 1.33. The summed E-state index contributed by atoms with van der Waals surface area (Å²) >= 11 is 0. The fourth-order valence-electron chi connectivity index (χ4n) is 2.03. The van der Waals surface area contributed by atoms with E-state index < -0.39 is 24.2 Å². The lowest BCUT2D eigenvalue weighted by Gasteiger charge is -2.32. The first-order valence-electron chi connectivity index (χ1n) is 4.81. The molecule has 0 aromatic heterocycles. The standard InChI is InChI=1S/C9H16F3NO/c1-6(2)8(9(10,11)12)13-4-3-7(14)5-13/h6-8,14H,3-5H2,1-2H3. The third-order valence-corrected chi connectivity index (χ3v) is 2.56. The molecule has 14 heavy (non-hydrogen) atoms. The number of hydrogen-bond acceptors (Lipinski definition) is 2. The van der Waals surface area contributed by atoms with Gasteiger partial charge in [-0.3, -0.25) is 4.90 Å². The number of rotatable bonds is 2. The minimum Gasteiger partial charge on any atom is -0.392 e. The van der Waals surface area contributed by atoms with Crippen LogP contribution < -0.4 is 0 Å². The van der Waals surface area contributed by atoms with E-state index >= 15 is 0 Å². The summed E-state index contributed by atoms with van der Waals surface area (Å²) in [7, 11) is 0. The highest BCUT2D eigenvalue weighted by molar-refractivity contribution is 4.87. The summed E-state index contributed by atoms with van der Waals surface area (Å²) < 4.78 is 37.9. The number of alkyl halides is 3. The van der Waals surface area contributed by atoms with Crippen LogP contribution in [0.2, 0.25) is 0 Å². The molecule has 0 amide bonds. The van der Waals surface area contributed by atoms with Crippen LogP contribution in [0.25, 0.3) is 0 Å². The second-order valence-electron chi connectivity index (χ2n) is 4.17. The van der Waals surface area contributed by atoms with Crippen LogP contribution in [0.1, 0.15) is 20.3 Å². The van der Waals surface area contributed by atoms with Gasteiger partial charge in [0.2, 0.25) is 0 Å². The van der Waals surface area contributed by atoms with Crippen LogP contribution in [-0.4, -0.2) is 41.4 Å². The topological polar surface area (TPSA) is 23.5 Å². The average Bonchev–Trinajstić information content (AvgIpc) is 2.31. The van der Waals surface area contributed by atoms with Gasteiger partial charge in [-0.25, -0.2) is 0 Å². The van der Waals surface area contributed by atoms with E-state index in [0.717, 1.165) is 0 Å². The Morgan fingerprint density at radius 1 is 1.36 bits per heavy atom. The maximum atomic E-state index is 12.6. The lowest BCUT2D eigenvalue weighted by molar-refractivity contribution is -0.192. The molecule has 0 spiro atoms. The molecule has 0 radical (unpaired) electrons. The van der Waals surface area contributed by atoms with Gasteiger partial charge in [0, 0.05) is 13.1 Å². The van der Waals surface area contributed by atoms with E-state index in [9.17, 15) is 18.3 Å². The van der Waals surface area contributed by atoms with Crippen molar-refractivity contribution in [2.24, 2.45) is 5.92 Å². The number of hydrogen-bond donors (Lipinski definition) is 1. The van der Waals surface area contributed by atoms with Gasteiger partial charge in [0.1, 0.15) is 6.04 Å². The van der Waals surface area contributed by atoms with Crippen LogP contribution in [0, 0.1) is 5.92 Å². The lowest BCUT2D eigenvalue weighted by atomic mass is 10.0. The lowest BCUT2D eigenvalue weighted by Crippen LogP contribution is -2.48. The van der Waals surface area contributed by atoms with E-state index in [1.807, 2.05) is 0 Å². The molecule has 0 aromatic rings. The van der Waals surface area contributed by atoms with Crippen molar-refractivity contribution >= 4 is 0 Å². The second-order valence-corrected chi connectivity index (χ2v) is 4.17. The molecular formula is C9H16F3NO. The summed E-state index contributed by atoms with van der Waals surface area (Å²) in [6.07, 6.45) is -4.35. The highest BCUT2D eigenvalue weighted by atomic mass is 19.4. The van der Waals surface area contributed by atoms with Crippen LogP contribution >= 0.6 is 0 Å². The van der Waals surface area contributed by atoms with Crippen molar-refractivity contribution in [3.8, 4) is 0 Å². The molecule has 5 heteroatoms. The Hall–Kier alpha value is -0.290. The van der Waals surface area contributed by atoms with Crippen molar-refractivity contribution < 1.29 is 18.3 Å². The molecule has 0 aliphatic carbocycles. The Morgan fingerprint density at radius 3 is 2.21 bits per heavy atom. The molecule has 0 bridgehead atoms. The zero-order chi connectivity index (χ0) is 10.9. The Labute approximate surface area is 81.7 Å². The van der Waals surface area contributed by atoms with Crippen LogP contribution in [-0.2, 0) is 0 Å². The summed E-state index contributed by atoms with van der Waals surface area (Å²) in [6, 6.07) is -1.42. The predicted octanol–water partition coefficient (Wildman–Crippen LogP) is 1.64. The second kappa shape index (κ2) is 4.06. The van der Waals surface area contributed by atoms with Gasteiger partial charge in [0.15, 0.2) is 0 Å². The minimum atomic E-state index is -4.20. The molecule has 0 aromatic carbocycles. The maximum absolute atomic E-state index is 12.6. The van der Waals surface area contributed by atoms with Crippen molar-refractivity contribution in [3.63, 3.8) is 0 Å². The van der Waals surface area contributed by atoms with Crippen molar-refractivity contribution in [3.05, 3.63) is 0 Å². The summed E-state index contributed by atoms with van der Waals surface area (Å²) in [5.41, 5.74) is 0. The molecule has 1 rings (SSSR count). The zero-order valence-electron chi connectivity index (χ0n) is 8.38. The highest BCUT2D eigenvalue weighted by Crippen LogP contribution is 2.32. The average molecular weight is 211 g/mol. The Balaban J connectivity index is 2.69. The number of likely N-dealkylation sites (tertiary alicyclic amines) is 1. The molecular weight excluding hydrogens is 195 g/mol. The van der Waals surface area contributed by atoms with Gasteiger partial charge in [0.05, 0.1) is 6.10 Å². The smallest absolute Gasteiger partial charge is 0.392 e. The van der Waals surface area contributed by atoms with Gasteiger partial charge < -0.3 is 5.11 Å². The van der Waals surface area contributed by atoms with Crippen molar-refractivity contribution in [1.29, 1.82) is 0 Å². The van der Waals surface area contributed by atoms with E-state index in [-0.39, 0.29) is 6.54 Å². The summed E-state index contributed by atoms with van der Waals surface area (Å²) in [5, 5.41) is 9.19. The predicted molar refractivity (Wildman–Crippen MR) is 46.9 cm³/mol. The van der Waals surface area contributed by atoms with Gasteiger partial charge in [-0.05, 0) is 12.3 Å². The van der Waals surface area contributed by atoms with Gasteiger partial charge in [0.25, 0.3) is 0 Å². The fourth-order valence-corrected chi connectivity index (χ4v) is 2.03. The SMILES string of the molecule is CC(C)C(N1CCC(O)C1)C(F)(F)F. The van der Waals surface area contributed by atoms with E-state index in [1.165, 1.54) is 4.90 Å². The van der Waals surface area contributed by atoms with Crippen LogP contribution in [0.4, 0.5) is 13.2 Å². The van der Waals surface area contributed by atoms with Gasteiger partial charge in [-0.15, -0.1) is 0 Å². The van der Waals surface area contributed by atoms with Gasteiger partial charge >= 0.3 is 6.18 Å². The van der Waals surface area contributed by atoms with Gasteiger partial charge in [-0.1, -0.05) is 13.8 Å². The first-order chi connectivity index (χ1) is 6.32. The van der Waals surface area contributed by atoms with Crippen LogP contribution in [0.15, 0.2) is 0 Å². The molecule has 0 saturated carbocycles. The number of halogens is 3. The molecule has 1 saturated heterocycles. The van der Waals surface area contributed by atoms with E-state index in [0.29, 0.717) is 13.0 Å². The quantitative estimate of drug-likeness (QED) is 0.750. The normalized spacial score (nSPS) is 27.2. The Bertz CT molecular complexity index is 193. The Kier molecular flexibility index (Phi) is 3.42. The molecule has 1 aliphatic heterocycles. The van der Waals surface area contributed by atoms with Crippen molar-refractivity contribution in [2.45, 2.75) is 38.6 Å². The first-order valence-corrected chi connectivity index (χ1v) is 4.81. The van der Waals surface area contributed by atoms with Crippen molar-refractivity contribution in [2.75, 3.05) is 13.1 Å². The van der Waals surface area contributed by atoms with Crippen molar-refractivity contribution in [1.82, 2.24) is 4.90 Å².